The predicted octanol–water partition coefficient (Wildman–Crippen LogP) is 2.44. The third-order valence-corrected chi connectivity index (χ3v) is 6.96. The van der Waals surface area contributed by atoms with E-state index in [0.717, 1.165) is 18.4 Å². The van der Waals surface area contributed by atoms with Gasteiger partial charge < -0.3 is 9.84 Å². The molecule has 7 heteroatoms. The molecule has 0 aliphatic carbocycles. The van der Waals surface area contributed by atoms with E-state index in [-0.39, 0.29) is 29.6 Å². The van der Waals surface area contributed by atoms with Crippen LogP contribution in [-0.4, -0.2) is 43.1 Å². The molecule has 0 amide bonds. The summed E-state index contributed by atoms with van der Waals surface area (Å²) in [6.45, 7) is 4.17. The van der Waals surface area contributed by atoms with E-state index in [9.17, 15) is 13.5 Å². The quantitative estimate of drug-likeness (QED) is 0.900. The second kappa shape index (κ2) is 6.24. The molecular formula is C16H22ClNO4S. The highest BCUT2D eigenvalue weighted by atomic mass is 35.5. The average molecular weight is 360 g/mol. The molecular weight excluding hydrogens is 338 g/mol. The number of halogens is 1. The van der Waals surface area contributed by atoms with Crippen LogP contribution in [0.2, 0.25) is 5.02 Å². The fourth-order valence-electron chi connectivity index (χ4n) is 3.52. The number of rotatable bonds is 3. The first-order chi connectivity index (χ1) is 10.8. The molecule has 2 aliphatic heterocycles. The summed E-state index contributed by atoms with van der Waals surface area (Å²) in [6, 6.07) is 2.74. The molecule has 0 aromatic heterocycles. The number of aliphatic hydroxyl groups is 1. The normalized spacial score (nSPS) is 28.4. The SMILES string of the molecule is C[C@@H]1Cc2cc(S(=O)(=O)N3CCC[C@@H](C)[C@H]3CO)cc(Cl)c2O1. The molecule has 1 saturated heterocycles. The third-order valence-electron chi connectivity index (χ3n) is 4.78. The van der Waals surface area contributed by atoms with E-state index >= 15 is 0 Å². The molecule has 5 nitrogen and oxygen atoms in total. The van der Waals surface area contributed by atoms with Crippen LogP contribution in [0.4, 0.5) is 0 Å². The Bertz CT molecular complexity index is 706. The summed E-state index contributed by atoms with van der Waals surface area (Å²) in [5.41, 5.74) is 0.828. The van der Waals surface area contributed by atoms with Gasteiger partial charge in [0.15, 0.2) is 0 Å². The van der Waals surface area contributed by atoms with Crippen LogP contribution in [0.3, 0.4) is 0 Å². The maximum atomic E-state index is 13.1. The maximum absolute atomic E-state index is 13.1. The molecule has 23 heavy (non-hydrogen) atoms. The highest BCUT2D eigenvalue weighted by Gasteiger charge is 2.38. The molecule has 2 heterocycles. The van der Waals surface area contributed by atoms with Gasteiger partial charge in [0.25, 0.3) is 0 Å². The minimum absolute atomic E-state index is 0.000605. The number of benzene rings is 1. The number of ether oxygens (including phenoxy) is 1. The lowest BCUT2D eigenvalue weighted by atomic mass is 9.93. The van der Waals surface area contributed by atoms with Gasteiger partial charge in [-0.25, -0.2) is 8.42 Å². The Morgan fingerprint density at radius 2 is 2.13 bits per heavy atom. The number of aliphatic hydroxyl groups excluding tert-OH is 1. The van der Waals surface area contributed by atoms with E-state index in [1.54, 1.807) is 6.07 Å². The lowest BCUT2D eigenvalue weighted by Gasteiger charge is -2.37. The Kier molecular flexibility index (Phi) is 4.62. The summed E-state index contributed by atoms with van der Waals surface area (Å²) in [5, 5.41) is 9.96. The van der Waals surface area contributed by atoms with Gasteiger partial charge in [0.1, 0.15) is 11.9 Å². The van der Waals surface area contributed by atoms with E-state index in [4.69, 9.17) is 16.3 Å². The Labute approximate surface area is 142 Å². The highest BCUT2D eigenvalue weighted by Crippen LogP contribution is 2.39. The van der Waals surface area contributed by atoms with Gasteiger partial charge in [0.2, 0.25) is 10.0 Å². The van der Waals surface area contributed by atoms with Gasteiger partial charge >= 0.3 is 0 Å². The molecule has 3 atom stereocenters. The van der Waals surface area contributed by atoms with E-state index in [0.29, 0.717) is 23.7 Å². The average Bonchev–Trinajstić information content (AvgIpc) is 2.88. The molecule has 1 fully saturated rings. The van der Waals surface area contributed by atoms with Crippen LogP contribution in [0.5, 0.6) is 5.75 Å². The highest BCUT2D eigenvalue weighted by molar-refractivity contribution is 7.89. The third kappa shape index (κ3) is 2.97. The van der Waals surface area contributed by atoms with Gasteiger partial charge in [-0.2, -0.15) is 4.31 Å². The molecule has 0 radical (unpaired) electrons. The minimum Gasteiger partial charge on any atom is -0.489 e. The van der Waals surface area contributed by atoms with E-state index in [1.165, 1.54) is 10.4 Å². The first-order valence-electron chi connectivity index (χ1n) is 7.96. The molecule has 1 aromatic rings. The summed E-state index contributed by atoms with van der Waals surface area (Å²) in [5.74, 6) is 0.723. The Balaban J connectivity index is 2.00. The molecule has 0 spiro atoms. The predicted molar refractivity (Wildman–Crippen MR) is 88.4 cm³/mol. The number of sulfonamides is 1. The summed E-state index contributed by atoms with van der Waals surface area (Å²) in [6.07, 6.45) is 2.38. The van der Waals surface area contributed by atoms with Crippen LogP contribution < -0.4 is 4.74 Å². The van der Waals surface area contributed by atoms with Gasteiger partial charge in [0, 0.05) is 18.5 Å². The smallest absolute Gasteiger partial charge is 0.243 e. The van der Waals surface area contributed by atoms with Crippen molar-refractivity contribution in [1.29, 1.82) is 0 Å². The van der Waals surface area contributed by atoms with Gasteiger partial charge in [-0.1, -0.05) is 18.5 Å². The number of hydrogen-bond donors (Lipinski definition) is 1. The zero-order valence-electron chi connectivity index (χ0n) is 13.3. The van der Waals surface area contributed by atoms with Crippen LogP contribution in [0.1, 0.15) is 32.3 Å². The molecule has 0 bridgehead atoms. The zero-order valence-corrected chi connectivity index (χ0v) is 14.9. The van der Waals surface area contributed by atoms with Crippen molar-refractivity contribution in [2.75, 3.05) is 13.2 Å². The summed E-state index contributed by atoms with van der Waals surface area (Å²) in [4.78, 5) is 0.187. The monoisotopic (exact) mass is 359 g/mol. The number of nitrogens with zero attached hydrogens (tertiary/aromatic N) is 1. The van der Waals surface area contributed by atoms with Gasteiger partial charge in [-0.15, -0.1) is 0 Å². The molecule has 0 saturated carbocycles. The van der Waals surface area contributed by atoms with Crippen molar-refractivity contribution in [3.05, 3.63) is 22.7 Å². The molecule has 0 unspecified atom stereocenters. The fraction of sp³-hybridized carbons (Fsp3) is 0.625. The second-order valence-corrected chi connectivity index (χ2v) is 8.81. The standard InChI is InChI=1S/C16H22ClNO4S/c1-10-4-3-5-18(15(10)9-19)23(20,21)13-7-12-6-11(2)22-16(12)14(17)8-13/h7-8,10-11,15,19H,3-6,9H2,1-2H3/t10-,11-,15-/m1/s1. The first kappa shape index (κ1) is 17.0. The van der Waals surface area contributed by atoms with Crippen molar-refractivity contribution in [2.45, 2.75) is 50.2 Å². The number of piperidine rings is 1. The largest absolute Gasteiger partial charge is 0.489 e. The topological polar surface area (TPSA) is 66.8 Å². The Morgan fingerprint density at radius 3 is 2.83 bits per heavy atom. The van der Waals surface area contributed by atoms with Crippen molar-refractivity contribution in [3.63, 3.8) is 0 Å². The summed E-state index contributed by atoms with van der Waals surface area (Å²) < 4.78 is 33.2. The maximum Gasteiger partial charge on any atom is 0.243 e. The minimum atomic E-state index is -3.68. The van der Waals surface area contributed by atoms with Crippen LogP contribution in [0, 0.1) is 5.92 Å². The molecule has 3 rings (SSSR count). The van der Waals surface area contributed by atoms with E-state index in [2.05, 4.69) is 0 Å². The van der Waals surface area contributed by atoms with Crippen LogP contribution in [-0.2, 0) is 16.4 Å². The van der Waals surface area contributed by atoms with Crippen molar-refractivity contribution in [3.8, 4) is 5.75 Å². The lowest BCUT2D eigenvalue weighted by molar-refractivity contribution is 0.113. The van der Waals surface area contributed by atoms with Crippen molar-refractivity contribution >= 4 is 21.6 Å². The van der Waals surface area contributed by atoms with Crippen molar-refractivity contribution < 1.29 is 18.3 Å². The van der Waals surface area contributed by atoms with Crippen LogP contribution >= 0.6 is 11.6 Å². The molecule has 1 aromatic carbocycles. The Hall–Kier alpha value is -0.820. The molecule has 128 valence electrons. The number of fused-ring (bicyclic) bond motifs is 1. The lowest BCUT2D eigenvalue weighted by Crippen LogP contribution is -2.49. The molecule has 2 aliphatic rings. The summed E-state index contributed by atoms with van der Waals surface area (Å²) >= 11 is 6.23. The Morgan fingerprint density at radius 1 is 1.39 bits per heavy atom. The zero-order chi connectivity index (χ0) is 16.8. The van der Waals surface area contributed by atoms with Gasteiger partial charge in [0.05, 0.1) is 22.6 Å². The summed E-state index contributed by atoms with van der Waals surface area (Å²) in [7, 11) is -3.68. The molecule has 1 N–H and O–H groups in total. The number of hydrogen-bond acceptors (Lipinski definition) is 4. The van der Waals surface area contributed by atoms with E-state index in [1.807, 2.05) is 13.8 Å². The first-order valence-corrected chi connectivity index (χ1v) is 9.78. The van der Waals surface area contributed by atoms with Gasteiger partial charge in [-0.05, 0) is 37.8 Å². The van der Waals surface area contributed by atoms with Gasteiger partial charge in [-0.3, -0.25) is 0 Å². The van der Waals surface area contributed by atoms with Crippen LogP contribution in [0.15, 0.2) is 17.0 Å². The van der Waals surface area contributed by atoms with Crippen LogP contribution in [0.25, 0.3) is 0 Å². The van der Waals surface area contributed by atoms with Crippen molar-refractivity contribution in [2.24, 2.45) is 5.92 Å². The van der Waals surface area contributed by atoms with E-state index < -0.39 is 10.0 Å². The van der Waals surface area contributed by atoms with Crippen molar-refractivity contribution in [1.82, 2.24) is 4.31 Å². The second-order valence-electron chi connectivity index (χ2n) is 6.51. The fourth-order valence-corrected chi connectivity index (χ4v) is 5.70.